The van der Waals surface area contributed by atoms with Crippen molar-refractivity contribution in [1.29, 1.82) is 0 Å². The second-order valence-electron chi connectivity index (χ2n) is 17.1. The van der Waals surface area contributed by atoms with E-state index in [9.17, 15) is 14.4 Å². The van der Waals surface area contributed by atoms with Crippen LogP contribution in [0.4, 0.5) is 4.79 Å². The maximum atomic E-state index is 13.8. The van der Waals surface area contributed by atoms with E-state index in [4.69, 9.17) is 14.7 Å². The summed E-state index contributed by atoms with van der Waals surface area (Å²) in [5.41, 5.74) is 4.77. The first-order chi connectivity index (χ1) is 26.5. The second-order valence-corrected chi connectivity index (χ2v) is 17.1. The lowest BCUT2D eigenvalue weighted by Gasteiger charge is -2.33. The number of carbonyl (C=O) groups is 3. The number of hydrogen-bond acceptors (Lipinski definition) is 8. The van der Waals surface area contributed by atoms with Crippen LogP contribution in [0.25, 0.3) is 21.9 Å². The summed E-state index contributed by atoms with van der Waals surface area (Å²) < 4.78 is 4.81. The first-order valence-electron chi connectivity index (χ1n) is 20.3. The van der Waals surface area contributed by atoms with Crippen LogP contribution in [0.15, 0.2) is 70.6 Å². The van der Waals surface area contributed by atoms with E-state index < -0.39 is 12.1 Å². The molecule has 2 aliphatic carbocycles. The molecule has 3 aromatic rings. The Labute approximate surface area is 324 Å². The summed E-state index contributed by atoms with van der Waals surface area (Å²) >= 11 is 0. The van der Waals surface area contributed by atoms with Gasteiger partial charge in [0, 0.05) is 24.9 Å². The second kappa shape index (κ2) is 15.3. The van der Waals surface area contributed by atoms with Crippen molar-refractivity contribution in [1.82, 2.24) is 26.2 Å². The van der Waals surface area contributed by atoms with Gasteiger partial charge in [0.1, 0.15) is 11.9 Å². The Morgan fingerprint density at radius 1 is 0.855 bits per heavy atom. The monoisotopic (exact) mass is 745 g/mol. The number of amidine groups is 2. The molecule has 3 aromatic carbocycles. The van der Waals surface area contributed by atoms with Crippen molar-refractivity contribution in [2.75, 3.05) is 20.2 Å². The lowest BCUT2D eigenvalue weighted by atomic mass is 9.96. The number of carbonyl (C=O) groups excluding carboxylic acids is 3. The van der Waals surface area contributed by atoms with Crippen LogP contribution in [-0.4, -0.2) is 78.8 Å². The number of ether oxygens (including phenoxy) is 1. The number of nitrogens with one attached hydrogen (secondary N) is 4. The molecular formula is C44H55N7O4. The standard InChI is InChI=1S/C44H55N7O4/c1-24(2)16-40(52)48-34-19-32(34)14-15-39-45-22-35(47-39)27-8-6-26(7-9-27)28-10-11-30-18-31(13-12-29(30)17-28)36-23-46-42(49-36)38-21-33-20-37(33)51(38)43(53)41(25(3)4)50-44(54)55-5/h6-13,17-18,24-25,32-38,41H,14-16,19-23H2,1-5H3,(H,45,47)(H,46,49)(H,48,52)(H,50,54)/t32-,33+,34+,35?,36?,37+,38-,41-/m0/s1. The minimum Gasteiger partial charge on any atom is -0.453 e. The number of nitrogens with zero attached hydrogens (tertiary/aromatic N) is 3. The van der Waals surface area contributed by atoms with Crippen LogP contribution in [-0.2, 0) is 14.3 Å². The molecule has 0 spiro atoms. The van der Waals surface area contributed by atoms with Crippen molar-refractivity contribution in [3.8, 4) is 11.1 Å². The van der Waals surface area contributed by atoms with E-state index in [1.807, 2.05) is 18.7 Å². The number of alkyl carbamates (subject to hydrolysis) is 1. The van der Waals surface area contributed by atoms with Gasteiger partial charge in [-0.2, -0.15) is 0 Å². The third-order valence-electron chi connectivity index (χ3n) is 12.2. The minimum absolute atomic E-state index is 0.0381. The molecule has 55 heavy (non-hydrogen) atoms. The Morgan fingerprint density at radius 2 is 1.56 bits per heavy atom. The van der Waals surface area contributed by atoms with Crippen LogP contribution in [0, 0.1) is 23.7 Å². The molecule has 290 valence electrons. The molecule has 0 radical (unpaired) electrons. The normalized spacial score (nSPS) is 26.9. The lowest BCUT2D eigenvalue weighted by Crippen LogP contribution is -2.56. The van der Waals surface area contributed by atoms with Gasteiger partial charge in [-0.05, 0) is 94.5 Å². The van der Waals surface area contributed by atoms with Crippen LogP contribution in [0.3, 0.4) is 0 Å². The van der Waals surface area contributed by atoms with E-state index >= 15 is 0 Å². The fourth-order valence-corrected chi connectivity index (χ4v) is 8.83. The zero-order valence-electron chi connectivity index (χ0n) is 32.7. The summed E-state index contributed by atoms with van der Waals surface area (Å²) in [5.74, 6) is 3.44. The average Bonchev–Trinajstić information content (AvgIpc) is 3.86. The lowest BCUT2D eigenvalue weighted by molar-refractivity contribution is -0.135. The van der Waals surface area contributed by atoms with E-state index in [0.29, 0.717) is 36.8 Å². The van der Waals surface area contributed by atoms with Gasteiger partial charge in [0.25, 0.3) is 0 Å². The molecule has 11 heteroatoms. The molecule has 3 aliphatic heterocycles. The molecule has 3 fully saturated rings. The number of piperidine rings is 1. The Bertz CT molecular complexity index is 2010. The number of aliphatic imine (C=N–C) groups is 2. The van der Waals surface area contributed by atoms with Crippen molar-refractivity contribution >= 4 is 40.4 Å². The van der Waals surface area contributed by atoms with Gasteiger partial charge >= 0.3 is 6.09 Å². The number of fused-ring (bicyclic) bond motifs is 2. The number of likely N-dealkylation sites (tertiary alicyclic amines) is 1. The molecule has 0 aromatic heterocycles. The SMILES string of the molecule is COC(=O)N[C@H](C(=O)N1[C@@H]2C[C@@H]2C[C@H]1C1=NCC(c2ccc3cc(-c4ccc(C5CN=C(CC[C@H]6C[C@H]6NC(=O)CC(C)C)N5)cc4)ccc3c2)N1)C(C)C. The number of benzene rings is 3. The highest BCUT2D eigenvalue weighted by atomic mass is 16.5. The molecule has 1 saturated heterocycles. The summed E-state index contributed by atoms with van der Waals surface area (Å²) in [4.78, 5) is 49.7. The highest BCUT2D eigenvalue weighted by Crippen LogP contribution is 2.49. The Hall–Kier alpha value is -4.93. The summed E-state index contributed by atoms with van der Waals surface area (Å²) in [5, 5.41) is 15.6. The van der Waals surface area contributed by atoms with Crippen LogP contribution in [0.1, 0.15) is 89.4 Å². The Balaban J connectivity index is 0.847. The maximum Gasteiger partial charge on any atom is 0.407 e. The maximum absolute atomic E-state index is 13.8. The van der Waals surface area contributed by atoms with Crippen LogP contribution in [0.2, 0.25) is 0 Å². The largest absolute Gasteiger partial charge is 0.453 e. The van der Waals surface area contributed by atoms with Gasteiger partial charge in [0.05, 0.1) is 44.2 Å². The van der Waals surface area contributed by atoms with Gasteiger partial charge in [-0.3, -0.25) is 19.6 Å². The number of amides is 3. The summed E-state index contributed by atoms with van der Waals surface area (Å²) in [6.45, 7) is 9.41. The first kappa shape index (κ1) is 37.0. The predicted octanol–water partition coefficient (Wildman–Crippen LogP) is 6.29. The third kappa shape index (κ3) is 8.07. The number of hydrogen-bond donors (Lipinski definition) is 4. The molecule has 8 rings (SSSR count). The summed E-state index contributed by atoms with van der Waals surface area (Å²) in [7, 11) is 1.32. The molecule has 11 nitrogen and oxygen atoms in total. The van der Waals surface area contributed by atoms with Gasteiger partial charge in [0.2, 0.25) is 11.8 Å². The molecule has 4 N–H and O–H groups in total. The van der Waals surface area contributed by atoms with Gasteiger partial charge in [0.15, 0.2) is 0 Å². The van der Waals surface area contributed by atoms with Crippen LogP contribution < -0.4 is 21.3 Å². The topological polar surface area (TPSA) is 137 Å². The highest BCUT2D eigenvalue weighted by Gasteiger charge is 2.57. The van der Waals surface area contributed by atoms with Crippen molar-refractivity contribution in [2.45, 2.75) is 102 Å². The molecule has 8 atom stereocenters. The Kier molecular flexibility index (Phi) is 10.3. The van der Waals surface area contributed by atoms with Crippen LogP contribution >= 0.6 is 0 Å². The summed E-state index contributed by atoms with van der Waals surface area (Å²) in [6.07, 6.45) is 4.98. The first-order valence-corrected chi connectivity index (χ1v) is 20.3. The number of methoxy groups -OCH3 is 1. The molecule has 2 saturated carbocycles. The van der Waals surface area contributed by atoms with Crippen molar-refractivity contribution < 1.29 is 19.1 Å². The van der Waals surface area contributed by atoms with E-state index in [-0.39, 0.29) is 41.9 Å². The Morgan fingerprint density at radius 3 is 2.33 bits per heavy atom. The smallest absolute Gasteiger partial charge is 0.407 e. The van der Waals surface area contributed by atoms with Gasteiger partial charge in [-0.15, -0.1) is 0 Å². The van der Waals surface area contributed by atoms with Crippen molar-refractivity contribution in [2.24, 2.45) is 33.7 Å². The average molecular weight is 746 g/mol. The van der Waals surface area contributed by atoms with Crippen LogP contribution in [0.5, 0.6) is 0 Å². The summed E-state index contributed by atoms with van der Waals surface area (Å²) in [6, 6.07) is 22.1. The molecule has 0 bridgehead atoms. The van der Waals surface area contributed by atoms with Gasteiger partial charge in [-0.1, -0.05) is 76.2 Å². The third-order valence-corrected chi connectivity index (χ3v) is 12.2. The predicted molar refractivity (Wildman–Crippen MR) is 216 cm³/mol. The van der Waals surface area contributed by atoms with Crippen molar-refractivity contribution in [3.63, 3.8) is 0 Å². The van der Waals surface area contributed by atoms with E-state index in [0.717, 1.165) is 50.3 Å². The van der Waals surface area contributed by atoms with E-state index in [2.05, 4.69) is 95.8 Å². The fourth-order valence-electron chi connectivity index (χ4n) is 8.83. The van der Waals surface area contributed by atoms with E-state index in [1.165, 1.54) is 40.1 Å². The minimum atomic E-state index is -0.642. The molecule has 3 heterocycles. The quantitative estimate of drug-likeness (QED) is 0.162. The van der Waals surface area contributed by atoms with E-state index in [1.54, 1.807) is 0 Å². The zero-order chi connectivity index (χ0) is 38.4. The fraction of sp³-hybridized carbons (Fsp3) is 0.523. The molecule has 5 aliphatic rings. The molecule has 2 unspecified atom stereocenters. The van der Waals surface area contributed by atoms with Crippen molar-refractivity contribution in [3.05, 3.63) is 71.8 Å². The molecule has 3 amide bonds. The zero-order valence-corrected chi connectivity index (χ0v) is 32.7. The van der Waals surface area contributed by atoms with Gasteiger partial charge < -0.3 is 30.9 Å². The van der Waals surface area contributed by atoms with Gasteiger partial charge in [-0.25, -0.2) is 4.79 Å². The molecular weight excluding hydrogens is 691 g/mol. The number of rotatable bonds is 13. The highest BCUT2D eigenvalue weighted by molar-refractivity contribution is 5.96.